The number of fused-ring (bicyclic) bond motifs is 6. The Balaban J connectivity index is 1.54. The number of hydrogen-bond acceptors (Lipinski definition) is 6. The van der Waals surface area contributed by atoms with Gasteiger partial charge in [0.25, 0.3) is 5.91 Å². The van der Waals surface area contributed by atoms with Crippen LogP contribution in [0.1, 0.15) is 59.5 Å². The highest BCUT2D eigenvalue weighted by Crippen LogP contribution is 2.37. The predicted octanol–water partition coefficient (Wildman–Crippen LogP) is 2.20. The number of nitrogens with zero attached hydrogens (tertiary/aromatic N) is 3. The van der Waals surface area contributed by atoms with E-state index < -0.39 is 34.9 Å². The third-order valence-corrected chi connectivity index (χ3v) is 6.77. The average Bonchev–Trinajstić information content (AvgIpc) is 3.17. The van der Waals surface area contributed by atoms with E-state index in [1.807, 2.05) is 18.9 Å². The number of ketones is 1. The lowest BCUT2D eigenvalue weighted by Crippen LogP contribution is -2.69. The van der Waals surface area contributed by atoms with Gasteiger partial charge in [0, 0.05) is 18.7 Å². The molecule has 9 heteroatoms. The second kappa shape index (κ2) is 7.98. The van der Waals surface area contributed by atoms with Crippen LogP contribution in [-0.2, 0) is 11.2 Å². The van der Waals surface area contributed by atoms with Gasteiger partial charge >= 0.3 is 0 Å². The number of aromatic nitrogens is 1. The molecule has 33 heavy (non-hydrogen) atoms. The molecule has 1 aromatic carbocycles. The maximum atomic E-state index is 13.9. The Morgan fingerprint density at radius 1 is 1.24 bits per heavy atom. The van der Waals surface area contributed by atoms with Crippen molar-refractivity contribution in [3.63, 3.8) is 0 Å². The van der Waals surface area contributed by atoms with E-state index in [-0.39, 0.29) is 42.3 Å². The second-order valence-electron chi connectivity index (χ2n) is 9.14. The van der Waals surface area contributed by atoms with E-state index in [0.717, 1.165) is 12.8 Å². The van der Waals surface area contributed by atoms with Crippen molar-refractivity contribution in [1.29, 1.82) is 0 Å². The number of amides is 1. The Morgan fingerprint density at radius 2 is 2.00 bits per heavy atom. The van der Waals surface area contributed by atoms with Gasteiger partial charge in [0.1, 0.15) is 12.0 Å². The van der Waals surface area contributed by atoms with Crippen LogP contribution >= 0.6 is 0 Å². The van der Waals surface area contributed by atoms with E-state index in [9.17, 15) is 23.9 Å². The fourth-order valence-electron chi connectivity index (χ4n) is 5.19. The van der Waals surface area contributed by atoms with Crippen molar-refractivity contribution in [3.8, 4) is 5.75 Å². The van der Waals surface area contributed by atoms with Gasteiger partial charge in [-0.2, -0.15) is 0 Å². The average molecular weight is 455 g/mol. The number of benzene rings is 1. The molecule has 8 nitrogen and oxygen atoms in total. The number of pyridine rings is 1. The highest BCUT2D eigenvalue weighted by atomic mass is 19.1. The van der Waals surface area contributed by atoms with Crippen molar-refractivity contribution in [1.82, 2.24) is 9.58 Å². The first kappa shape index (κ1) is 21.6. The zero-order chi connectivity index (χ0) is 23.4. The molecule has 1 amide bonds. The minimum absolute atomic E-state index is 0.0249. The molecule has 0 unspecified atom stereocenters. The molecule has 2 aromatic rings. The number of hydrogen-bond donors (Lipinski definition) is 1. The van der Waals surface area contributed by atoms with Gasteiger partial charge in [0.05, 0.1) is 24.3 Å². The van der Waals surface area contributed by atoms with Crippen LogP contribution in [0, 0.1) is 5.82 Å². The van der Waals surface area contributed by atoms with Crippen LogP contribution in [0.25, 0.3) is 0 Å². The third-order valence-electron chi connectivity index (χ3n) is 6.77. The zero-order valence-corrected chi connectivity index (χ0v) is 18.5. The summed E-state index contributed by atoms with van der Waals surface area (Å²) in [5, 5.41) is 12.7. The fraction of sp³-hybridized carbons (Fsp3) is 0.458. The van der Waals surface area contributed by atoms with E-state index in [0.29, 0.717) is 12.1 Å². The Labute approximate surface area is 190 Å². The minimum atomic E-state index is -0.883. The highest BCUT2D eigenvalue weighted by molar-refractivity contribution is 6.00. The summed E-state index contributed by atoms with van der Waals surface area (Å²) in [6.07, 6.45) is 2.43. The van der Waals surface area contributed by atoms with E-state index in [2.05, 4.69) is 0 Å². The standard InChI is InChI=1S/C24H26FN3O5/c1-13(2)28-23-19-10-8-15(33-19)11-27(23)26-12-16(21(30)22(31)20(26)24(28)32)18(29)9-7-14-5-3-4-6-17(14)25/h3-6,12-13,15,19,23,31H,7-11H2,1-2H3/t15-,19+,23+/m0/s1. The molecule has 1 N–H and O–H groups in total. The third kappa shape index (κ3) is 3.42. The van der Waals surface area contributed by atoms with Crippen molar-refractivity contribution in [3.05, 3.63) is 63.3 Å². The first-order valence-corrected chi connectivity index (χ1v) is 11.3. The quantitative estimate of drug-likeness (QED) is 0.695. The zero-order valence-electron chi connectivity index (χ0n) is 18.5. The number of ether oxygens (including phenoxy) is 1. The Morgan fingerprint density at radius 3 is 2.73 bits per heavy atom. The first-order chi connectivity index (χ1) is 15.8. The second-order valence-corrected chi connectivity index (χ2v) is 9.14. The Bertz CT molecular complexity index is 1190. The molecule has 0 aliphatic carbocycles. The molecular formula is C24H26FN3O5. The summed E-state index contributed by atoms with van der Waals surface area (Å²) >= 11 is 0. The summed E-state index contributed by atoms with van der Waals surface area (Å²) in [6.45, 7) is 4.22. The van der Waals surface area contributed by atoms with E-state index in [4.69, 9.17) is 4.74 Å². The SMILES string of the molecule is CC(C)N1C(=O)c2c(O)c(=O)c(C(=O)CCc3ccccc3F)cn2N2C[C@@H]3CC[C@@H](O3)[C@@H]12. The van der Waals surface area contributed by atoms with Gasteiger partial charge < -0.3 is 14.7 Å². The van der Waals surface area contributed by atoms with Crippen LogP contribution in [0.5, 0.6) is 5.75 Å². The molecule has 0 saturated carbocycles. The molecule has 3 aliphatic rings. The molecule has 1 aromatic heterocycles. The van der Waals surface area contributed by atoms with Gasteiger partial charge in [-0.3, -0.25) is 24.1 Å². The molecule has 174 valence electrons. The number of halogens is 1. The van der Waals surface area contributed by atoms with Crippen LogP contribution in [0.2, 0.25) is 0 Å². The number of morpholine rings is 1. The Kier molecular flexibility index (Phi) is 5.23. The van der Waals surface area contributed by atoms with Crippen molar-refractivity contribution in [2.45, 2.75) is 63.9 Å². The van der Waals surface area contributed by atoms with Crippen molar-refractivity contribution in [2.75, 3.05) is 11.6 Å². The normalized spacial score (nSPS) is 23.6. The summed E-state index contributed by atoms with van der Waals surface area (Å²) in [7, 11) is 0. The summed E-state index contributed by atoms with van der Waals surface area (Å²) < 4.78 is 21.5. The number of Topliss-reactive ketones (excluding diaryl/α,β-unsaturated/α-hetero) is 1. The monoisotopic (exact) mass is 455 g/mol. The van der Waals surface area contributed by atoms with Gasteiger partial charge in [-0.25, -0.2) is 4.39 Å². The number of aromatic hydroxyl groups is 1. The van der Waals surface area contributed by atoms with Crippen LogP contribution in [-0.4, -0.2) is 57.3 Å². The van der Waals surface area contributed by atoms with E-state index in [1.165, 1.54) is 16.9 Å². The molecule has 3 aliphatic heterocycles. The fourth-order valence-corrected chi connectivity index (χ4v) is 5.19. The molecule has 2 saturated heterocycles. The summed E-state index contributed by atoms with van der Waals surface area (Å²) in [6, 6.07) is 5.97. The lowest BCUT2D eigenvalue weighted by Gasteiger charge is -2.52. The largest absolute Gasteiger partial charge is 0.502 e. The summed E-state index contributed by atoms with van der Waals surface area (Å²) in [5.41, 5.74) is -0.861. The number of carbonyl (C=O) groups excluding carboxylic acids is 2. The minimum Gasteiger partial charge on any atom is -0.502 e. The smallest absolute Gasteiger partial charge is 0.278 e. The summed E-state index contributed by atoms with van der Waals surface area (Å²) in [5.74, 6) is -2.14. The maximum absolute atomic E-state index is 13.9. The van der Waals surface area contributed by atoms with Gasteiger partial charge in [-0.15, -0.1) is 0 Å². The lowest BCUT2D eigenvalue weighted by molar-refractivity contribution is -0.0599. The van der Waals surface area contributed by atoms with E-state index in [1.54, 1.807) is 23.1 Å². The molecule has 0 spiro atoms. The summed E-state index contributed by atoms with van der Waals surface area (Å²) in [4.78, 5) is 40.9. The molecule has 2 fully saturated rings. The number of carbonyl (C=O) groups is 2. The Hall–Kier alpha value is -3.20. The van der Waals surface area contributed by atoms with Gasteiger partial charge in [0.2, 0.25) is 5.43 Å². The van der Waals surface area contributed by atoms with Crippen molar-refractivity contribution in [2.24, 2.45) is 0 Å². The van der Waals surface area contributed by atoms with E-state index >= 15 is 0 Å². The van der Waals surface area contributed by atoms with Gasteiger partial charge in [-0.05, 0) is 44.7 Å². The molecule has 2 bridgehead atoms. The van der Waals surface area contributed by atoms with Crippen molar-refractivity contribution < 1.29 is 23.8 Å². The van der Waals surface area contributed by atoms with Crippen LogP contribution in [0.3, 0.4) is 0 Å². The highest BCUT2D eigenvalue weighted by Gasteiger charge is 2.51. The number of aryl methyl sites for hydroxylation is 1. The van der Waals surface area contributed by atoms with Crippen LogP contribution in [0.15, 0.2) is 35.3 Å². The van der Waals surface area contributed by atoms with Crippen molar-refractivity contribution >= 4 is 11.7 Å². The molecular weight excluding hydrogens is 429 g/mol. The topological polar surface area (TPSA) is 92.1 Å². The molecule has 3 atom stereocenters. The predicted molar refractivity (Wildman–Crippen MR) is 117 cm³/mol. The molecule has 4 heterocycles. The first-order valence-electron chi connectivity index (χ1n) is 11.3. The van der Waals surface area contributed by atoms with Gasteiger partial charge in [-0.1, -0.05) is 18.2 Å². The van der Waals surface area contributed by atoms with Gasteiger partial charge in [0.15, 0.2) is 17.2 Å². The molecule has 0 radical (unpaired) electrons. The maximum Gasteiger partial charge on any atom is 0.278 e. The lowest BCUT2D eigenvalue weighted by atomic mass is 10.0. The van der Waals surface area contributed by atoms with Crippen LogP contribution in [0.4, 0.5) is 4.39 Å². The number of rotatable bonds is 5. The molecule has 5 rings (SSSR count). The van der Waals surface area contributed by atoms with Crippen LogP contribution < -0.4 is 10.4 Å².